The van der Waals surface area contributed by atoms with Gasteiger partial charge in [0.2, 0.25) is 0 Å². The number of nitrogens with zero attached hydrogens (tertiary/aromatic N) is 2. The van der Waals surface area contributed by atoms with Crippen LogP contribution in [0.15, 0.2) is 183 Å². The fourth-order valence-electron chi connectivity index (χ4n) is 7.10. The van der Waals surface area contributed by atoms with Crippen molar-refractivity contribution < 1.29 is 0 Å². The van der Waals surface area contributed by atoms with Crippen LogP contribution in [0.4, 0.5) is 0 Å². The number of aromatic nitrogens is 2. The summed E-state index contributed by atoms with van der Waals surface area (Å²) >= 11 is 3.72. The van der Waals surface area contributed by atoms with Gasteiger partial charge < -0.3 is 0 Å². The Morgan fingerprint density at radius 1 is 0.415 bits per heavy atom. The van der Waals surface area contributed by atoms with E-state index >= 15 is 0 Å². The molecular weight excluding hydrogens is 681 g/mol. The third-order valence-electron chi connectivity index (χ3n) is 9.51. The molecule has 0 aliphatic carbocycles. The highest BCUT2D eigenvalue weighted by atomic mass is 32.1. The average molecular weight is 715 g/mol. The van der Waals surface area contributed by atoms with E-state index in [4.69, 9.17) is 9.97 Å². The molecule has 252 valence electrons. The molecule has 7 aromatic carbocycles. The molecule has 0 unspecified atom stereocenters. The molecule has 3 heterocycles. The Balaban J connectivity index is 0.00000120. The molecule has 10 aromatic rings. The quantitative estimate of drug-likeness (QED) is 0.166. The largest absolute Gasteiger partial charge is 0.228 e. The van der Waals surface area contributed by atoms with Crippen LogP contribution in [0.25, 0.3) is 96.5 Å². The van der Waals surface area contributed by atoms with Crippen molar-refractivity contribution in [2.24, 2.45) is 0 Å². The predicted molar refractivity (Wildman–Crippen MR) is 231 cm³/mol. The summed E-state index contributed by atoms with van der Waals surface area (Å²) < 4.78 is 5.24. The van der Waals surface area contributed by atoms with E-state index in [2.05, 4.69) is 158 Å². The summed E-state index contributed by atoms with van der Waals surface area (Å²) in [5.41, 5.74) is 9.76. The van der Waals surface area contributed by atoms with Crippen LogP contribution in [0.1, 0.15) is 6.92 Å². The highest BCUT2D eigenvalue weighted by Gasteiger charge is 2.15. The van der Waals surface area contributed by atoms with E-state index in [0.717, 1.165) is 28.1 Å². The van der Waals surface area contributed by atoms with Crippen LogP contribution >= 0.6 is 22.7 Å². The molecule has 0 aliphatic heterocycles. The first-order chi connectivity index (χ1) is 26.2. The van der Waals surface area contributed by atoms with Crippen LogP contribution in [-0.4, -0.2) is 9.97 Å². The first-order valence-electron chi connectivity index (χ1n) is 17.7. The average Bonchev–Trinajstić information content (AvgIpc) is 3.80. The van der Waals surface area contributed by atoms with Crippen molar-refractivity contribution in [1.29, 1.82) is 0 Å². The van der Waals surface area contributed by atoms with Gasteiger partial charge >= 0.3 is 0 Å². The molecule has 0 aliphatic rings. The minimum absolute atomic E-state index is 0.715. The van der Waals surface area contributed by atoms with Crippen molar-refractivity contribution in [3.8, 4) is 56.2 Å². The van der Waals surface area contributed by atoms with Crippen LogP contribution < -0.4 is 0 Å². The van der Waals surface area contributed by atoms with Gasteiger partial charge in [0.05, 0.1) is 11.4 Å². The second-order valence-electron chi connectivity index (χ2n) is 13.0. The number of hydrogen-bond donors (Lipinski definition) is 0. The molecule has 0 amide bonds. The van der Waals surface area contributed by atoms with Crippen LogP contribution in [-0.2, 0) is 0 Å². The standard InChI is InChI=1S/C46H28N2S2.C3H6/c1-2-12-29(13-3-1)46-47-40(32-16-8-14-30(26-32)34-20-10-22-38-36-18-4-6-24-42(36)49-44(34)38)28-41(48-46)33-17-9-15-31(27-33)35-21-11-23-39-37-19-5-7-25-43(37)50-45(35)39;1-3-2/h1-28H;3H,1H2,2H3. The summed E-state index contributed by atoms with van der Waals surface area (Å²) in [6, 6.07) is 60.7. The SMILES string of the molecule is C=CC.c1ccc(-c2nc(-c3cccc(-c4cccc5c4sc4ccccc45)c3)cc(-c3cccc(-c4cccc5c4sc4ccccc45)c3)n2)cc1. The Bertz CT molecular complexity index is 2760. The molecule has 0 N–H and O–H groups in total. The molecular formula is C49H34N2S2. The van der Waals surface area contributed by atoms with E-state index in [1.54, 1.807) is 6.08 Å². The third kappa shape index (κ3) is 6.12. The Morgan fingerprint density at radius 3 is 1.32 bits per heavy atom. The Hall–Kier alpha value is -6.20. The number of rotatable bonds is 5. The predicted octanol–water partition coefficient (Wildman–Crippen LogP) is 14.7. The zero-order chi connectivity index (χ0) is 35.7. The maximum Gasteiger partial charge on any atom is 0.160 e. The second-order valence-corrected chi connectivity index (χ2v) is 15.1. The summed E-state index contributed by atoms with van der Waals surface area (Å²) in [6.07, 6.45) is 1.75. The van der Waals surface area contributed by atoms with Crippen molar-refractivity contribution in [1.82, 2.24) is 9.97 Å². The minimum atomic E-state index is 0.715. The molecule has 0 spiro atoms. The molecule has 0 saturated carbocycles. The van der Waals surface area contributed by atoms with Crippen LogP contribution in [0.3, 0.4) is 0 Å². The van der Waals surface area contributed by atoms with Crippen LogP contribution in [0, 0.1) is 0 Å². The van der Waals surface area contributed by atoms with E-state index < -0.39 is 0 Å². The molecule has 0 atom stereocenters. The van der Waals surface area contributed by atoms with E-state index in [0.29, 0.717) is 5.82 Å². The number of allylic oxidation sites excluding steroid dienone is 1. The Kier molecular flexibility index (Phi) is 8.68. The van der Waals surface area contributed by atoms with Gasteiger partial charge in [0, 0.05) is 57.0 Å². The van der Waals surface area contributed by atoms with Gasteiger partial charge in [-0.1, -0.05) is 146 Å². The van der Waals surface area contributed by atoms with Gasteiger partial charge in [-0.3, -0.25) is 0 Å². The molecule has 4 heteroatoms. The molecule has 0 radical (unpaired) electrons. The van der Waals surface area contributed by atoms with Gasteiger partial charge in [-0.25, -0.2) is 9.97 Å². The molecule has 0 bridgehead atoms. The van der Waals surface area contributed by atoms with Crippen molar-refractivity contribution in [2.45, 2.75) is 6.92 Å². The summed E-state index contributed by atoms with van der Waals surface area (Å²) in [7, 11) is 0. The first-order valence-corrected chi connectivity index (χ1v) is 19.4. The molecule has 0 saturated heterocycles. The second kappa shape index (κ2) is 14.1. The van der Waals surface area contributed by atoms with Crippen LogP contribution in [0.2, 0.25) is 0 Å². The van der Waals surface area contributed by atoms with E-state index in [1.165, 1.54) is 62.6 Å². The van der Waals surface area contributed by atoms with E-state index in [9.17, 15) is 0 Å². The summed E-state index contributed by atoms with van der Waals surface area (Å²) in [4.78, 5) is 10.3. The molecule has 3 aromatic heterocycles. The zero-order valence-electron chi connectivity index (χ0n) is 29.2. The first kappa shape index (κ1) is 32.7. The van der Waals surface area contributed by atoms with Gasteiger partial charge in [-0.2, -0.15) is 0 Å². The van der Waals surface area contributed by atoms with Crippen molar-refractivity contribution in [2.75, 3.05) is 0 Å². The topological polar surface area (TPSA) is 25.8 Å². The third-order valence-corrected chi connectivity index (χ3v) is 11.9. The van der Waals surface area contributed by atoms with Crippen molar-refractivity contribution in [3.05, 3.63) is 183 Å². The number of thiophene rings is 2. The van der Waals surface area contributed by atoms with Gasteiger partial charge in [0.15, 0.2) is 5.82 Å². The van der Waals surface area contributed by atoms with E-state index in [-0.39, 0.29) is 0 Å². The Labute approximate surface area is 317 Å². The highest BCUT2D eigenvalue weighted by molar-refractivity contribution is 7.26. The summed E-state index contributed by atoms with van der Waals surface area (Å²) in [5.74, 6) is 0.715. The lowest BCUT2D eigenvalue weighted by atomic mass is 9.98. The fraction of sp³-hybridized carbons (Fsp3) is 0.0204. The van der Waals surface area contributed by atoms with Gasteiger partial charge in [0.1, 0.15) is 0 Å². The van der Waals surface area contributed by atoms with Crippen molar-refractivity contribution in [3.63, 3.8) is 0 Å². The highest BCUT2D eigenvalue weighted by Crippen LogP contribution is 2.42. The Morgan fingerprint density at radius 2 is 0.811 bits per heavy atom. The van der Waals surface area contributed by atoms with Gasteiger partial charge in [-0.05, 0) is 59.5 Å². The zero-order valence-corrected chi connectivity index (χ0v) is 30.8. The minimum Gasteiger partial charge on any atom is -0.228 e. The fourth-order valence-corrected chi connectivity index (χ4v) is 9.58. The number of fused-ring (bicyclic) bond motifs is 6. The maximum absolute atomic E-state index is 5.17. The molecule has 2 nitrogen and oxygen atoms in total. The lowest BCUT2D eigenvalue weighted by Crippen LogP contribution is -1.96. The molecule has 0 fully saturated rings. The monoisotopic (exact) mass is 714 g/mol. The number of hydrogen-bond acceptors (Lipinski definition) is 4. The van der Waals surface area contributed by atoms with Crippen LogP contribution in [0.5, 0.6) is 0 Å². The lowest BCUT2D eigenvalue weighted by molar-refractivity contribution is 1.18. The molecule has 53 heavy (non-hydrogen) atoms. The maximum atomic E-state index is 5.17. The van der Waals surface area contributed by atoms with E-state index in [1.807, 2.05) is 47.8 Å². The van der Waals surface area contributed by atoms with Gasteiger partial charge in [0.25, 0.3) is 0 Å². The lowest BCUT2D eigenvalue weighted by Gasteiger charge is -2.12. The smallest absolute Gasteiger partial charge is 0.160 e. The summed E-state index contributed by atoms with van der Waals surface area (Å²) in [6.45, 7) is 5.25. The normalized spacial score (nSPS) is 11.2. The summed E-state index contributed by atoms with van der Waals surface area (Å²) in [5, 5.41) is 5.22. The van der Waals surface area contributed by atoms with Gasteiger partial charge in [-0.15, -0.1) is 29.3 Å². The molecule has 10 rings (SSSR count). The number of benzene rings is 7. The van der Waals surface area contributed by atoms with Crippen molar-refractivity contribution >= 4 is 63.0 Å².